The van der Waals surface area contributed by atoms with Crippen LogP contribution in [0.3, 0.4) is 0 Å². The summed E-state index contributed by atoms with van der Waals surface area (Å²) in [6.07, 6.45) is 5.30. The van der Waals surface area contributed by atoms with Crippen LogP contribution in [0.5, 0.6) is 5.75 Å². The fourth-order valence-corrected chi connectivity index (χ4v) is 3.05. The molecule has 2 aromatic rings. The number of carbonyl (C=O) groups is 1. The minimum atomic E-state index is -0.799. The number of anilines is 1. The second-order valence-corrected chi connectivity index (χ2v) is 7.29. The van der Waals surface area contributed by atoms with E-state index in [1.807, 2.05) is 31.2 Å². The van der Waals surface area contributed by atoms with Crippen LogP contribution in [0.15, 0.2) is 42.5 Å². The van der Waals surface area contributed by atoms with Crippen LogP contribution >= 0.6 is 0 Å². The molecule has 5 nitrogen and oxygen atoms in total. The molecule has 0 aliphatic rings. The first-order chi connectivity index (χ1) is 15.0. The molecule has 0 unspecified atom stereocenters. The summed E-state index contributed by atoms with van der Waals surface area (Å²) in [6.45, 7) is 5.72. The summed E-state index contributed by atoms with van der Waals surface area (Å²) in [6, 6.07) is 10.1. The molecule has 0 heterocycles. The Kier molecular flexibility index (Phi) is 10.8. The summed E-state index contributed by atoms with van der Waals surface area (Å²) in [4.78, 5) is 14.5. The third-order valence-electron chi connectivity index (χ3n) is 4.80. The maximum absolute atomic E-state index is 14.0. The molecule has 0 fully saturated rings. The lowest BCUT2D eigenvalue weighted by Crippen LogP contribution is -2.35. The highest BCUT2D eigenvalue weighted by atomic mass is 19.1. The van der Waals surface area contributed by atoms with Crippen molar-refractivity contribution in [3.63, 3.8) is 0 Å². The molecule has 0 saturated carbocycles. The molecular weight excluding hydrogens is 402 g/mol. The average Bonchev–Trinajstić information content (AvgIpc) is 2.76. The van der Waals surface area contributed by atoms with Crippen molar-refractivity contribution in [2.45, 2.75) is 52.5 Å². The van der Waals surface area contributed by atoms with E-state index in [1.165, 1.54) is 6.07 Å². The zero-order chi connectivity index (χ0) is 22.5. The second-order valence-electron chi connectivity index (χ2n) is 7.29. The molecule has 0 aliphatic heterocycles. The van der Waals surface area contributed by atoms with Crippen molar-refractivity contribution in [1.82, 2.24) is 4.90 Å². The third-order valence-corrected chi connectivity index (χ3v) is 4.80. The average molecular weight is 435 g/mol. The van der Waals surface area contributed by atoms with Gasteiger partial charge in [-0.2, -0.15) is 0 Å². The maximum Gasteiger partial charge on any atom is 0.322 e. The Morgan fingerprint density at radius 3 is 2.42 bits per heavy atom. The molecule has 0 radical (unpaired) electrons. The molecule has 0 aliphatic carbocycles. The quantitative estimate of drug-likeness (QED) is 0.296. The molecule has 0 aromatic heterocycles. The number of hydrogen-bond donors (Lipinski definition) is 1. The van der Waals surface area contributed by atoms with E-state index in [-0.39, 0.29) is 12.5 Å². The Labute approximate surface area is 183 Å². The van der Waals surface area contributed by atoms with Gasteiger partial charge in [-0.1, -0.05) is 44.7 Å². The molecule has 2 rings (SSSR count). The van der Waals surface area contributed by atoms with Crippen molar-refractivity contribution < 1.29 is 23.0 Å². The van der Waals surface area contributed by atoms with E-state index in [2.05, 4.69) is 12.2 Å². The van der Waals surface area contributed by atoms with Crippen molar-refractivity contribution in [2.75, 3.05) is 25.3 Å². The van der Waals surface area contributed by atoms with Gasteiger partial charge in [-0.25, -0.2) is 13.6 Å². The minimum absolute atomic E-state index is 0.0398. The summed E-state index contributed by atoms with van der Waals surface area (Å²) in [5.41, 5.74) is 0.883. The lowest BCUT2D eigenvalue weighted by molar-refractivity contribution is 0.0224. The first kappa shape index (κ1) is 24.6. The van der Waals surface area contributed by atoms with Gasteiger partial charge in [-0.15, -0.1) is 0 Å². The SMILES string of the molecule is CCCCCCCN(Cc1ccc(OCOCC)cc1)C(=O)Nc1ccc(F)cc1F. The monoisotopic (exact) mass is 434 g/mol. The summed E-state index contributed by atoms with van der Waals surface area (Å²) in [5.74, 6) is -0.803. The highest BCUT2D eigenvalue weighted by Gasteiger charge is 2.16. The van der Waals surface area contributed by atoms with Crippen molar-refractivity contribution in [3.8, 4) is 5.75 Å². The van der Waals surface area contributed by atoms with Crippen LogP contribution in [-0.2, 0) is 11.3 Å². The Morgan fingerprint density at radius 1 is 1.00 bits per heavy atom. The maximum atomic E-state index is 14.0. The van der Waals surface area contributed by atoms with E-state index in [0.29, 0.717) is 25.4 Å². The third kappa shape index (κ3) is 8.92. The number of rotatable bonds is 13. The predicted molar refractivity (Wildman–Crippen MR) is 118 cm³/mol. The Balaban J connectivity index is 2.01. The van der Waals surface area contributed by atoms with Gasteiger partial charge in [-0.05, 0) is 43.2 Å². The molecule has 0 spiro atoms. The molecule has 31 heavy (non-hydrogen) atoms. The molecule has 7 heteroatoms. The van der Waals surface area contributed by atoms with E-state index < -0.39 is 17.7 Å². The molecule has 0 saturated heterocycles. The Morgan fingerprint density at radius 2 is 1.74 bits per heavy atom. The summed E-state index contributed by atoms with van der Waals surface area (Å²) < 4.78 is 37.8. The number of ether oxygens (including phenoxy) is 2. The highest BCUT2D eigenvalue weighted by Crippen LogP contribution is 2.18. The topological polar surface area (TPSA) is 50.8 Å². The van der Waals surface area contributed by atoms with Crippen LogP contribution in [0.4, 0.5) is 19.3 Å². The number of amides is 2. The van der Waals surface area contributed by atoms with Crippen molar-refractivity contribution >= 4 is 11.7 Å². The van der Waals surface area contributed by atoms with E-state index in [4.69, 9.17) is 9.47 Å². The molecule has 1 N–H and O–H groups in total. The number of benzene rings is 2. The predicted octanol–water partition coefficient (Wildman–Crippen LogP) is 6.34. The highest BCUT2D eigenvalue weighted by molar-refractivity contribution is 5.89. The van der Waals surface area contributed by atoms with Crippen LogP contribution in [0.1, 0.15) is 51.5 Å². The smallest absolute Gasteiger partial charge is 0.322 e. The van der Waals surface area contributed by atoms with Crippen LogP contribution in [0.2, 0.25) is 0 Å². The molecule has 2 amide bonds. The van der Waals surface area contributed by atoms with Crippen molar-refractivity contribution in [1.29, 1.82) is 0 Å². The fraction of sp³-hybridized carbons (Fsp3) is 0.458. The van der Waals surface area contributed by atoms with Gasteiger partial charge in [0.2, 0.25) is 0 Å². The van der Waals surface area contributed by atoms with Gasteiger partial charge in [0.15, 0.2) is 6.79 Å². The number of carbonyl (C=O) groups excluding carboxylic acids is 1. The van der Waals surface area contributed by atoms with E-state index in [0.717, 1.165) is 49.8 Å². The van der Waals surface area contributed by atoms with Crippen LogP contribution < -0.4 is 10.1 Å². The lowest BCUT2D eigenvalue weighted by atomic mass is 10.1. The standard InChI is InChI=1S/C24H32F2N2O3/c1-3-5-6-7-8-15-28(24(29)27-23-14-11-20(25)16-22(23)26)17-19-9-12-21(13-10-19)31-18-30-4-2/h9-14,16H,3-8,15,17-18H2,1-2H3,(H,27,29). The summed E-state index contributed by atoms with van der Waals surface area (Å²) in [7, 11) is 0. The fourth-order valence-electron chi connectivity index (χ4n) is 3.05. The second kappa shape index (κ2) is 13.6. The number of urea groups is 1. The van der Waals surface area contributed by atoms with Crippen LogP contribution in [-0.4, -0.2) is 30.9 Å². The normalized spacial score (nSPS) is 10.7. The first-order valence-electron chi connectivity index (χ1n) is 10.8. The van der Waals surface area contributed by atoms with Crippen LogP contribution in [0.25, 0.3) is 0 Å². The molecule has 2 aromatic carbocycles. The first-order valence-corrected chi connectivity index (χ1v) is 10.8. The zero-order valence-electron chi connectivity index (χ0n) is 18.3. The van der Waals surface area contributed by atoms with E-state index in [1.54, 1.807) is 4.90 Å². The summed E-state index contributed by atoms with van der Waals surface area (Å²) >= 11 is 0. The molecule has 0 bridgehead atoms. The summed E-state index contributed by atoms with van der Waals surface area (Å²) in [5, 5.41) is 2.56. The number of hydrogen-bond acceptors (Lipinski definition) is 3. The lowest BCUT2D eigenvalue weighted by Gasteiger charge is -2.23. The van der Waals surface area contributed by atoms with Gasteiger partial charge in [0.05, 0.1) is 5.69 Å². The number of nitrogens with zero attached hydrogens (tertiary/aromatic N) is 1. The van der Waals surface area contributed by atoms with Gasteiger partial charge < -0.3 is 19.7 Å². The number of unbranched alkanes of at least 4 members (excludes halogenated alkanes) is 4. The molecule has 170 valence electrons. The Hall–Kier alpha value is -2.67. The van der Waals surface area contributed by atoms with Gasteiger partial charge in [0.25, 0.3) is 0 Å². The number of nitrogens with one attached hydrogen (secondary N) is 1. The van der Waals surface area contributed by atoms with Gasteiger partial charge in [0, 0.05) is 25.8 Å². The largest absolute Gasteiger partial charge is 0.468 e. The number of halogens is 2. The van der Waals surface area contributed by atoms with Crippen molar-refractivity contribution in [3.05, 3.63) is 59.7 Å². The van der Waals surface area contributed by atoms with Crippen LogP contribution in [0, 0.1) is 11.6 Å². The van der Waals surface area contributed by atoms with E-state index in [9.17, 15) is 13.6 Å². The van der Waals surface area contributed by atoms with Gasteiger partial charge >= 0.3 is 6.03 Å². The minimum Gasteiger partial charge on any atom is -0.468 e. The van der Waals surface area contributed by atoms with Gasteiger partial charge in [-0.3, -0.25) is 0 Å². The molecule has 0 atom stereocenters. The van der Waals surface area contributed by atoms with Gasteiger partial charge in [0.1, 0.15) is 17.4 Å². The zero-order valence-corrected chi connectivity index (χ0v) is 18.3. The van der Waals surface area contributed by atoms with E-state index >= 15 is 0 Å². The van der Waals surface area contributed by atoms with Crippen molar-refractivity contribution in [2.24, 2.45) is 0 Å². The Bertz CT molecular complexity index is 800. The molecular formula is C24H32F2N2O3.